The Morgan fingerprint density at radius 2 is 1.94 bits per heavy atom. The Morgan fingerprint density at radius 1 is 1.17 bits per heavy atom. The number of anilines is 1. The molecule has 2 aliphatic rings. The molecule has 1 aromatic carbocycles. The summed E-state index contributed by atoms with van der Waals surface area (Å²) in [5, 5.41) is 6.38. The van der Waals surface area contributed by atoms with Crippen molar-refractivity contribution in [1.29, 1.82) is 0 Å². The van der Waals surface area contributed by atoms with Crippen LogP contribution in [0.15, 0.2) is 35.9 Å². The van der Waals surface area contributed by atoms with Crippen molar-refractivity contribution in [2.24, 2.45) is 0 Å². The molecule has 0 aliphatic heterocycles. The van der Waals surface area contributed by atoms with Crippen LogP contribution in [0.3, 0.4) is 0 Å². The number of hydrogen-bond donors (Lipinski definition) is 2. The van der Waals surface area contributed by atoms with Crippen molar-refractivity contribution in [2.45, 2.75) is 84.3 Å². The molecule has 3 rings (SSSR count). The minimum atomic E-state index is -0.441. The number of carbonyl (C=O) groups excluding carboxylic acids is 1. The summed E-state index contributed by atoms with van der Waals surface area (Å²) in [5.41, 5.74) is 5.33. The number of likely N-dealkylation sites (N-methyl/N-ethyl adjacent to an activating group) is 1. The molecule has 0 bridgehead atoms. The lowest BCUT2D eigenvalue weighted by Crippen LogP contribution is -2.31. The molecule has 0 radical (unpaired) electrons. The molecule has 1 aromatic rings. The van der Waals surface area contributed by atoms with E-state index in [4.69, 9.17) is 18.9 Å². The maximum atomic E-state index is 12.7. The largest absolute Gasteiger partial charge is 0.379 e. The maximum absolute atomic E-state index is 12.7. The third-order valence-corrected chi connectivity index (χ3v) is 6.72. The molecule has 2 aliphatic carbocycles. The van der Waals surface area contributed by atoms with Gasteiger partial charge in [-0.2, -0.15) is 0 Å². The summed E-state index contributed by atoms with van der Waals surface area (Å²) in [6.45, 7) is 13.6. The van der Waals surface area contributed by atoms with Gasteiger partial charge in [0, 0.05) is 30.9 Å². The fourth-order valence-electron chi connectivity index (χ4n) is 4.66. The molecule has 0 spiro atoms. The Balaban J connectivity index is 1.67. The first-order chi connectivity index (χ1) is 17.1. The number of amides is 1. The molecule has 36 heavy (non-hydrogen) atoms. The monoisotopic (exact) mass is 500 g/mol. The predicted octanol–water partition coefficient (Wildman–Crippen LogP) is 5.03. The summed E-state index contributed by atoms with van der Waals surface area (Å²) in [6.07, 6.45) is 5.99. The molecule has 3 atom stereocenters. The smallest absolute Gasteiger partial charge is 0.250 e. The summed E-state index contributed by atoms with van der Waals surface area (Å²) in [6, 6.07) is 6.45. The van der Waals surface area contributed by atoms with E-state index in [1.54, 1.807) is 0 Å². The molecule has 200 valence electrons. The highest BCUT2D eigenvalue weighted by atomic mass is 16.7. The second-order valence-electron chi connectivity index (χ2n) is 10.4. The van der Waals surface area contributed by atoms with Crippen LogP contribution in [0.1, 0.15) is 71.4 Å². The SMILES string of the molecule is CCOC(C)OCC1C2=C(C=CC(NC)C2)c2ccc(NC(=O)COC(C)(C)CCOC(C)C)cc21. The molecule has 0 fully saturated rings. The molecule has 0 saturated heterocycles. The first-order valence-corrected chi connectivity index (χ1v) is 13.1. The van der Waals surface area contributed by atoms with E-state index in [0.717, 1.165) is 18.5 Å². The van der Waals surface area contributed by atoms with Crippen LogP contribution in [0.25, 0.3) is 5.57 Å². The molecule has 7 nitrogen and oxygen atoms in total. The van der Waals surface area contributed by atoms with E-state index in [1.165, 1.54) is 22.3 Å². The van der Waals surface area contributed by atoms with Crippen molar-refractivity contribution in [3.05, 3.63) is 47.1 Å². The first kappa shape index (κ1) is 28.5. The topological polar surface area (TPSA) is 78.1 Å². The van der Waals surface area contributed by atoms with Crippen LogP contribution in [-0.2, 0) is 23.7 Å². The molecule has 3 unspecified atom stereocenters. The van der Waals surface area contributed by atoms with Gasteiger partial charge in [-0.25, -0.2) is 0 Å². The van der Waals surface area contributed by atoms with E-state index in [1.807, 2.05) is 54.7 Å². The summed E-state index contributed by atoms with van der Waals surface area (Å²) >= 11 is 0. The summed E-state index contributed by atoms with van der Waals surface area (Å²) < 4.78 is 23.2. The van der Waals surface area contributed by atoms with Crippen molar-refractivity contribution < 1.29 is 23.7 Å². The number of carbonyl (C=O) groups is 1. The number of hydrogen-bond acceptors (Lipinski definition) is 6. The van der Waals surface area contributed by atoms with Crippen molar-refractivity contribution >= 4 is 17.2 Å². The molecule has 0 saturated carbocycles. The van der Waals surface area contributed by atoms with E-state index < -0.39 is 5.60 Å². The molecule has 0 heterocycles. The second-order valence-corrected chi connectivity index (χ2v) is 10.4. The number of fused-ring (bicyclic) bond motifs is 2. The Hall–Kier alpha value is -2.03. The quantitative estimate of drug-likeness (QED) is 0.349. The lowest BCUT2D eigenvalue weighted by Gasteiger charge is -2.25. The standard InChI is InChI=1S/C29H44N2O5/c1-8-33-20(4)35-17-27-25-15-21(30-7)9-11-23(25)24-12-10-22(16-26(24)27)31-28(32)18-36-29(5,6)13-14-34-19(2)3/h9-12,16,19-21,27,30H,8,13-15,17-18H2,1-7H3,(H,31,32). The van der Waals surface area contributed by atoms with Gasteiger partial charge in [0.2, 0.25) is 5.91 Å². The average Bonchev–Trinajstić information content (AvgIpc) is 3.13. The minimum absolute atomic E-state index is 0.00842. The number of nitrogens with one attached hydrogen (secondary N) is 2. The van der Waals surface area contributed by atoms with E-state index in [-0.39, 0.29) is 30.8 Å². The summed E-state index contributed by atoms with van der Waals surface area (Å²) in [4.78, 5) is 12.7. The van der Waals surface area contributed by atoms with Gasteiger partial charge in [-0.3, -0.25) is 4.79 Å². The maximum Gasteiger partial charge on any atom is 0.250 e. The lowest BCUT2D eigenvalue weighted by molar-refractivity contribution is -0.128. The van der Waals surface area contributed by atoms with Crippen molar-refractivity contribution in [3.63, 3.8) is 0 Å². The van der Waals surface area contributed by atoms with Crippen LogP contribution >= 0.6 is 0 Å². The Labute approximate surface area is 216 Å². The Bertz CT molecular complexity index is 953. The number of rotatable bonds is 14. The number of ether oxygens (including phenoxy) is 4. The summed E-state index contributed by atoms with van der Waals surface area (Å²) in [7, 11) is 1.99. The Kier molecular flexibility index (Phi) is 10.3. The van der Waals surface area contributed by atoms with Gasteiger partial charge in [0.05, 0.1) is 18.3 Å². The molecule has 0 aromatic heterocycles. The third kappa shape index (κ3) is 7.73. The third-order valence-electron chi connectivity index (χ3n) is 6.72. The van der Waals surface area contributed by atoms with Crippen LogP contribution in [0, 0.1) is 0 Å². The van der Waals surface area contributed by atoms with E-state index in [9.17, 15) is 4.79 Å². The molecule has 7 heteroatoms. The fraction of sp³-hybridized carbons (Fsp3) is 0.621. The van der Waals surface area contributed by atoms with Gasteiger partial charge in [-0.05, 0) is 90.3 Å². The fourth-order valence-corrected chi connectivity index (χ4v) is 4.66. The van der Waals surface area contributed by atoms with Gasteiger partial charge in [-0.1, -0.05) is 23.8 Å². The normalized spacial score (nSPS) is 20.0. The van der Waals surface area contributed by atoms with Crippen LogP contribution in [-0.4, -0.2) is 63.4 Å². The molecule has 1 amide bonds. The average molecular weight is 501 g/mol. The molecule has 2 N–H and O–H groups in total. The Morgan fingerprint density at radius 3 is 2.64 bits per heavy atom. The highest BCUT2D eigenvalue weighted by molar-refractivity contribution is 5.93. The predicted molar refractivity (Wildman–Crippen MR) is 144 cm³/mol. The van der Waals surface area contributed by atoms with Crippen molar-refractivity contribution in [1.82, 2.24) is 5.32 Å². The van der Waals surface area contributed by atoms with Gasteiger partial charge in [0.1, 0.15) is 6.61 Å². The first-order valence-electron chi connectivity index (χ1n) is 13.1. The zero-order valence-electron chi connectivity index (χ0n) is 23.0. The van der Waals surface area contributed by atoms with Crippen LogP contribution in [0.5, 0.6) is 0 Å². The zero-order chi connectivity index (χ0) is 26.3. The van der Waals surface area contributed by atoms with Gasteiger partial charge >= 0.3 is 0 Å². The van der Waals surface area contributed by atoms with Gasteiger partial charge in [0.25, 0.3) is 0 Å². The van der Waals surface area contributed by atoms with Gasteiger partial charge < -0.3 is 29.6 Å². The minimum Gasteiger partial charge on any atom is -0.379 e. The van der Waals surface area contributed by atoms with E-state index in [0.29, 0.717) is 25.9 Å². The molecular formula is C29H44N2O5. The van der Waals surface area contributed by atoms with Gasteiger partial charge in [-0.15, -0.1) is 0 Å². The van der Waals surface area contributed by atoms with Gasteiger partial charge in [0.15, 0.2) is 6.29 Å². The van der Waals surface area contributed by atoms with Crippen molar-refractivity contribution in [3.8, 4) is 0 Å². The van der Waals surface area contributed by atoms with E-state index >= 15 is 0 Å². The van der Waals surface area contributed by atoms with Crippen LogP contribution < -0.4 is 10.6 Å². The summed E-state index contributed by atoms with van der Waals surface area (Å²) in [5.74, 6) is -0.0527. The molecular weight excluding hydrogens is 456 g/mol. The van der Waals surface area contributed by atoms with Crippen LogP contribution in [0.4, 0.5) is 5.69 Å². The lowest BCUT2D eigenvalue weighted by atomic mass is 9.89. The number of allylic oxidation sites excluding steroid dienone is 2. The van der Waals surface area contributed by atoms with Crippen LogP contribution in [0.2, 0.25) is 0 Å². The number of benzene rings is 1. The highest BCUT2D eigenvalue weighted by Gasteiger charge is 2.34. The highest BCUT2D eigenvalue weighted by Crippen LogP contribution is 2.47. The van der Waals surface area contributed by atoms with Crippen molar-refractivity contribution in [2.75, 3.05) is 38.8 Å². The zero-order valence-corrected chi connectivity index (χ0v) is 23.0. The second kappa shape index (κ2) is 13.0. The van der Waals surface area contributed by atoms with E-state index in [2.05, 4.69) is 34.9 Å².